The molecule has 0 aromatic rings. The van der Waals surface area contributed by atoms with E-state index in [-0.39, 0.29) is 25.7 Å². The van der Waals surface area contributed by atoms with Crippen LogP contribution in [0.2, 0.25) is 0 Å². The molecule has 0 aromatic heterocycles. The molecule has 0 amide bonds. The Balaban J connectivity index is 5.18. The second-order valence-corrected chi connectivity index (χ2v) is 29.1. The number of carbonyl (C=O) groups is 4. The van der Waals surface area contributed by atoms with E-state index in [9.17, 15) is 43.2 Å². The summed E-state index contributed by atoms with van der Waals surface area (Å²) in [7, 11) is -9.90. The molecule has 3 N–H and O–H groups in total. The largest absolute Gasteiger partial charge is 0.472 e. The molecule has 0 aliphatic rings. The predicted molar refractivity (Wildman–Crippen MR) is 358 cm³/mol. The number of rotatable bonds is 69. The number of unbranched alkanes of at least 4 members (excludes halogenated alkanes) is 39. The zero-order chi connectivity index (χ0) is 65.7. The van der Waals surface area contributed by atoms with E-state index in [1.54, 1.807) is 0 Å². The van der Waals surface area contributed by atoms with Crippen LogP contribution in [-0.2, 0) is 65.4 Å². The van der Waals surface area contributed by atoms with Crippen LogP contribution in [-0.4, -0.2) is 96.7 Å². The number of hydrogen-bond acceptors (Lipinski definition) is 15. The van der Waals surface area contributed by atoms with E-state index in [1.165, 1.54) is 167 Å². The topological polar surface area (TPSA) is 237 Å². The fourth-order valence-electron chi connectivity index (χ4n) is 10.6. The number of phosphoric ester groups is 2. The monoisotopic (exact) mass is 1310 g/mol. The van der Waals surface area contributed by atoms with Crippen molar-refractivity contribution in [3.63, 3.8) is 0 Å². The standard InChI is InChI=1S/C70H136O17P2/c1-7-9-11-13-15-17-19-21-22-23-24-25-26-27-29-31-33-42-48-54-69(74)86-65(58-80-67(72)52-46-40-32-30-28-20-18-16-14-12-10-8-2)60-84-88(76,77)82-56-64(71)57-83-89(78,79)85-61-66(87-70(75)55-49-43-37-35-39-45-51-63(5)6)59-81-68(73)53-47-41-36-34-38-44-50-62(3)4/h62-66,71H,7-61H2,1-6H3,(H,76,77)(H,78,79)/t64-,65-,66-/m1/s1. The number of esters is 4. The van der Waals surface area contributed by atoms with Gasteiger partial charge in [0.1, 0.15) is 19.3 Å². The second kappa shape index (κ2) is 62.2. The molecule has 0 rings (SSSR count). The summed E-state index contributed by atoms with van der Waals surface area (Å²) in [5, 5.41) is 10.6. The van der Waals surface area contributed by atoms with Crippen molar-refractivity contribution < 1.29 is 80.2 Å². The lowest BCUT2D eigenvalue weighted by Gasteiger charge is -2.21. The van der Waals surface area contributed by atoms with Gasteiger partial charge in [-0.05, 0) is 37.5 Å². The molecule has 17 nitrogen and oxygen atoms in total. The average molecular weight is 1310 g/mol. The van der Waals surface area contributed by atoms with Gasteiger partial charge in [0.25, 0.3) is 0 Å². The summed E-state index contributed by atoms with van der Waals surface area (Å²) >= 11 is 0. The predicted octanol–water partition coefficient (Wildman–Crippen LogP) is 20.0. The minimum Gasteiger partial charge on any atom is -0.462 e. The number of hydrogen-bond donors (Lipinski definition) is 3. The summed E-state index contributed by atoms with van der Waals surface area (Å²) in [5.74, 6) is -0.782. The van der Waals surface area contributed by atoms with E-state index in [1.807, 2.05) is 0 Å². The number of aliphatic hydroxyl groups is 1. The Labute approximate surface area is 543 Å². The average Bonchev–Trinajstić information content (AvgIpc) is 3.71. The van der Waals surface area contributed by atoms with Crippen molar-refractivity contribution in [3.8, 4) is 0 Å². The van der Waals surface area contributed by atoms with Crippen LogP contribution in [0.5, 0.6) is 0 Å². The van der Waals surface area contributed by atoms with E-state index in [0.29, 0.717) is 37.5 Å². The summed E-state index contributed by atoms with van der Waals surface area (Å²) in [5.41, 5.74) is 0. The summed E-state index contributed by atoms with van der Waals surface area (Å²) in [6.07, 6.45) is 47.6. The van der Waals surface area contributed by atoms with Gasteiger partial charge in [-0.15, -0.1) is 0 Å². The molecule has 0 fully saturated rings. The first kappa shape index (κ1) is 87.1. The fraction of sp³-hybridized carbons (Fsp3) is 0.943. The first-order chi connectivity index (χ1) is 42.9. The van der Waals surface area contributed by atoms with Gasteiger partial charge in [0.2, 0.25) is 0 Å². The summed E-state index contributed by atoms with van der Waals surface area (Å²) in [4.78, 5) is 72.4. The molecule has 89 heavy (non-hydrogen) atoms. The highest BCUT2D eigenvalue weighted by Crippen LogP contribution is 2.45. The van der Waals surface area contributed by atoms with Gasteiger partial charge in [0.15, 0.2) is 12.2 Å². The van der Waals surface area contributed by atoms with Gasteiger partial charge in [-0.3, -0.25) is 37.3 Å². The summed E-state index contributed by atoms with van der Waals surface area (Å²) < 4.78 is 68.2. The molecule has 5 atom stereocenters. The molecule has 0 aliphatic carbocycles. The van der Waals surface area contributed by atoms with Gasteiger partial charge in [-0.2, -0.15) is 0 Å². The minimum atomic E-state index is -4.95. The zero-order valence-electron chi connectivity index (χ0n) is 57.7. The molecule has 0 aliphatic heterocycles. The van der Waals surface area contributed by atoms with Crippen molar-refractivity contribution in [2.24, 2.45) is 11.8 Å². The third-order valence-electron chi connectivity index (χ3n) is 16.2. The normalized spacial score (nSPS) is 14.1. The van der Waals surface area contributed by atoms with Gasteiger partial charge in [0.05, 0.1) is 26.4 Å². The molecule has 0 heterocycles. The van der Waals surface area contributed by atoms with E-state index < -0.39 is 97.5 Å². The molecule has 19 heteroatoms. The van der Waals surface area contributed by atoms with Crippen LogP contribution < -0.4 is 0 Å². The smallest absolute Gasteiger partial charge is 0.462 e. The van der Waals surface area contributed by atoms with Crippen molar-refractivity contribution in [2.45, 2.75) is 374 Å². The van der Waals surface area contributed by atoms with Crippen LogP contribution in [0.1, 0.15) is 356 Å². The van der Waals surface area contributed by atoms with Crippen LogP contribution in [0.15, 0.2) is 0 Å². The lowest BCUT2D eigenvalue weighted by atomic mass is 10.0. The first-order valence-electron chi connectivity index (χ1n) is 36.5. The zero-order valence-corrected chi connectivity index (χ0v) is 59.5. The second-order valence-electron chi connectivity index (χ2n) is 26.2. The molecule has 0 saturated heterocycles. The van der Waals surface area contributed by atoms with Crippen LogP contribution >= 0.6 is 15.6 Å². The van der Waals surface area contributed by atoms with Crippen LogP contribution in [0.4, 0.5) is 0 Å². The van der Waals surface area contributed by atoms with E-state index in [0.717, 1.165) is 96.3 Å². The van der Waals surface area contributed by atoms with Crippen LogP contribution in [0.25, 0.3) is 0 Å². The molecule has 0 radical (unpaired) electrons. The van der Waals surface area contributed by atoms with E-state index in [4.69, 9.17) is 37.0 Å². The maximum Gasteiger partial charge on any atom is 0.472 e. The minimum absolute atomic E-state index is 0.101. The van der Waals surface area contributed by atoms with Crippen LogP contribution in [0.3, 0.4) is 0 Å². The third-order valence-corrected chi connectivity index (χ3v) is 18.1. The highest BCUT2D eigenvalue weighted by atomic mass is 31.2. The van der Waals surface area contributed by atoms with Crippen LogP contribution in [0, 0.1) is 11.8 Å². The molecule has 0 spiro atoms. The van der Waals surface area contributed by atoms with E-state index >= 15 is 0 Å². The quantitative estimate of drug-likeness (QED) is 0.0222. The van der Waals surface area contributed by atoms with Gasteiger partial charge < -0.3 is 33.8 Å². The SMILES string of the molecule is CCCCCCCCCCCCCCCCCCCCCC(=O)O[C@H](COC(=O)CCCCCCCCCCCCCC)COP(=O)(O)OC[C@@H](O)COP(=O)(O)OC[C@@H](COC(=O)CCCCCCCCC(C)C)OC(=O)CCCCCCCCC(C)C. The fourth-order valence-corrected chi connectivity index (χ4v) is 12.2. The third kappa shape index (κ3) is 64.6. The number of carbonyl (C=O) groups excluding carboxylic acids is 4. The molecule has 0 aromatic carbocycles. The van der Waals surface area contributed by atoms with Gasteiger partial charge in [-0.25, -0.2) is 9.13 Å². The molecule has 0 saturated carbocycles. The Morgan fingerprint density at radius 1 is 0.303 bits per heavy atom. The Hall–Kier alpha value is -1.94. The Bertz CT molecular complexity index is 1730. The molecule has 0 bridgehead atoms. The van der Waals surface area contributed by atoms with Gasteiger partial charge in [0, 0.05) is 25.7 Å². The Kier molecular flexibility index (Phi) is 60.8. The summed E-state index contributed by atoms with van der Waals surface area (Å²) in [6, 6.07) is 0. The van der Waals surface area contributed by atoms with Crippen molar-refractivity contribution in [1.29, 1.82) is 0 Å². The lowest BCUT2D eigenvalue weighted by Crippen LogP contribution is -2.30. The number of ether oxygens (including phenoxy) is 4. The highest BCUT2D eigenvalue weighted by Gasteiger charge is 2.30. The molecular formula is C70H136O17P2. The van der Waals surface area contributed by atoms with Crippen molar-refractivity contribution in [3.05, 3.63) is 0 Å². The number of aliphatic hydroxyl groups excluding tert-OH is 1. The Morgan fingerprint density at radius 3 is 0.764 bits per heavy atom. The molecule has 528 valence electrons. The van der Waals surface area contributed by atoms with Gasteiger partial charge in [-0.1, -0.05) is 305 Å². The molecule has 2 unspecified atom stereocenters. The van der Waals surface area contributed by atoms with E-state index in [2.05, 4.69) is 41.5 Å². The maximum atomic E-state index is 13.0. The van der Waals surface area contributed by atoms with Crippen molar-refractivity contribution in [2.75, 3.05) is 39.6 Å². The Morgan fingerprint density at radius 2 is 0.517 bits per heavy atom. The summed E-state index contributed by atoms with van der Waals surface area (Å²) in [6.45, 7) is 9.37. The number of phosphoric acid groups is 2. The highest BCUT2D eigenvalue weighted by molar-refractivity contribution is 7.47. The van der Waals surface area contributed by atoms with Crippen molar-refractivity contribution in [1.82, 2.24) is 0 Å². The first-order valence-corrected chi connectivity index (χ1v) is 39.5. The lowest BCUT2D eigenvalue weighted by molar-refractivity contribution is -0.161. The molecular weight excluding hydrogens is 1170 g/mol. The van der Waals surface area contributed by atoms with Crippen molar-refractivity contribution >= 4 is 39.5 Å². The maximum absolute atomic E-state index is 13.0. The van der Waals surface area contributed by atoms with Gasteiger partial charge >= 0.3 is 39.5 Å².